The third-order valence-corrected chi connectivity index (χ3v) is 6.15. The summed E-state index contributed by atoms with van der Waals surface area (Å²) in [7, 11) is 3.37. The summed E-state index contributed by atoms with van der Waals surface area (Å²) in [5.41, 5.74) is 9.35. The Kier molecular flexibility index (Phi) is 5.69. The largest absolute Gasteiger partial charge is 0.469 e. The van der Waals surface area contributed by atoms with Crippen molar-refractivity contribution in [2.24, 2.45) is 11.0 Å². The molecule has 0 aromatic heterocycles. The van der Waals surface area contributed by atoms with Gasteiger partial charge in [-0.25, -0.2) is 4.79 Å². The zero-order valence-corrected chi connectivity index (χ0v) is 16.6. The van der Waals surface area contributed by atoms with E-state index in [1.54, 1.807) is 18.2 Å². The van der Waals surface area contributed by atoms with E-state index in [2.05, 4.69) is 14.9 Å². The summed E-state index contributed by atoms with van der Waals surface area (Å²) in [6, 6.07) is 5.10. The molecule has 3 rings (SSSR count). The summed E-state index contributed by atoms with van der Waals surface area (Å²) < 4.78 is 11.3. The number of carbonyl (C=O) groups is 2. The second kappa shape index (κ2) is 7.81. The Hall–Kier alpha value is -1.84. The molecule has 0 amide bonds. The topological polar surface area (TPSA) is 105 Å². The van der Waals surface area contributed by atoms with E-state index in [9.17, 15) is 9.59 Å². The molecule has 2 fully saturated rings. The van der Waals surface area contributed by atoms with Gasteiger partial charge in [-0.15, -0.1) is 0 Å². The van der Waals surface area contributed by atoms with E-state index in [4.69, 9.17) is 15.0 Å². The minimum atomic E-state index is -0.502. The van der Waals surface area contributed by atoms with Crippen LogP contribution in [0.5, 0.6) is 0 Å². The molecule has 0 saturated carbocycles. The lowest BCUT2D eigenvalue weighted by molar-refractivity contribution is -0.156. The molecule has 0 unspecified atom stereocenters. The lowest BCUT2D eigenvalue weighted by Crippen LogP contribution is -2.53. The number of benzene rings is 1. The highest BCUT2D eigenvalue weighted by molar-refractivity contribution is 14.1. The Morgan fingerprint density at radius 3 is 2.81 bits per heavy atom. The number of piperidine rings is 1. The quantitative estimate of drug-likeness (QED) is 0.222. The molecule has 0 aliphatic carbocycles. The SMILES string of the molecule is COC(=O)[C@H]1[C@@H](OC(=O)c2ccc(N=[N+]=[N-])c([125I])c2)C[C@@H]2CC[C@H]1N2C. The molecular formula is C17H19IN4O4. The van der Waals surface area contributed by atoms with Crippen LogP contribution in [0, 0.1) is 9.49 Å². The molecule has 0 spiro atoms. The summed E-state index contributed by atoms with van der Waals surface area (Å²) in [5.74, 6) is -1.30. The highest BCUT2D eigenvalue weighted by Gasteiger charge is 2.51. The molecule has 138 valence electrons. The monoisotopic (exact) mass is 468 g/mol. The second-order valence-electron chi connectivity index (χ2n) is 6.55. The Bertz CT molecular complexity index is 780. The molecule has 4 atom stereocenters. The predicted molar refractivity (Wildman–Crippen MR) is 102 cm³/mol. The Morgan fingerprint density at radius 2 is 2.15 bits per heavy atom. The first-order valence-corrected chi connectivity index (χ1v) is 9.39. The zero-order chi connectivity index (χ0) is 18.8. The first-order valence-electron chi connectivity index (χ1n) is 8.31. The van der Waals surface area contributed by atoms with Gasteiger partial charge in [0, 0.05) is 27.0 Å². The highest BCUT2D eigenvalue weighted by Crippen LogP contribution is 2.40. The van der Waals surface area contributed by atoms with Gasteiger partial charge < -0.3 is 9.47 Å². The molecule has 1 aromatic carbocycles. The van der Waals surface area contributed by atoms with Crippen molar-refractivity contribution in [1.29, 1.82) is 0 Å². The van der Waals surface area contributed by atoms with Gasteiger partial charge in [0.05, 0.1) is 18.4 Å². The maximum atomic E-state index is 12.6. The number of azide groups is 1. The van der Waals surface area contributed by atoms with Crippen LogP contribution in [0.2, 0.25) is 0 Å². The second-order valence-corrected chi connectivity index (χ2v) is 7.71. The van der Waals surface area contributed by atoms with Crippen molar-refractivity contribution in [1.82, 2.24) is 4.90 Å². The maximum absolute atomic E-state index is 12.6. The smallest absolute Gasteiger partial charge is 0.338 e. The fourth-order valence-electron chi connectivity index (χ4n) is 3.96. The number of ether oxygens (including phenoxy) is 2. The maximum Gasteiger partial charge on any atom is 0.338 e. The molecule has 8 nitrogen and oxygen atoms in total. The summed E-state index contributed by atoms with van der Waals surface area (Å²) in [5, 5.41) is 3.56. The molecule has 2 heterocycles. The summed E-state index contributed by atoms with van der Waals surface area (Å²) >= 11 is 2.00. The van der Waals surface area contributed by atoms with Crippen molar-refractivity contribution < 1.29 is 19.1 Å². The van der Waals surface area contributed by atoms with Crippen molar-refractivity contribution in [2.45, 2.75) is 37.5 Å². The van der Waals surface area contributed by atoms with Gasteiger partial charge in [0.1, 0.15) is 12.0 Å². The van der Waals surface area contributed by atoms with Crippen LogP contribution < -0.4 is 0 Å². The van der Waals surface area contributed by atoms with Crippen molar-refractivity contribution >= 4 is 40.2 Å². The van der Waals surface area contributed by atoms with E-state index in [0.717, 1.165) is 12.8 Å². The number of hydrogen-bond acceptors (Lipinski definition) is 6. The van der Waals surface area contributed by atoms with Gasteiger partial charge in [-0.1, -0.05) is 11.2 Å². The summed E-state index contributed by atoms with van der Waals surface area (Å²) in [4.78, 5) is 29.9. The first-order chi connectivity index (χ1) is 12.5. The average molecular weight is 468 g/mol. The molecule has 0 N–H and O–H groups in total. The van der Waals surface area contributed by atoms with Crippen LogP contribution in [0.25, 0.3) is 10.4 Å². The van der Waals surface area contributed by atoms with Crippen LogP contribution in [0.1, 0.15) is 29.6 Å². The van der Waals surface area contributed by atoms with Crippen molar-refractivity contribution in [3.05, 3.63) is 37.8 Å². The van der Waals surface area contributed by atoms with E-state index in [1.165, 1.54) is 7.11 Å². The van der Waals surface area contributed by atoms with Gasteiger partial charge in [-0.2, -0.15) is 0 Å². The first kappa shape index (κ1) is 18.9. The van der Waals surface area contributed by atoms with Gasteiger partial charge in [-0.3, -0.25) is 9.69 Å². The van der Waals surface area contributed by atoms with Crippen LogP contribution in [0.15, 0.2) is 23.3 Å². The summed E-state index contributed by atoms with van der Waals surface area (Å²) in [6.45, 7) is 0. The standard InChI is InChI=1S/C17H19IN4O4/c1-22-10-4-6-13(22)15(17(24)25-2)14(8-10)26-16(23)9-3-5-12(20-21-19)11(18)7-9/h3,5,7,10,13-15H,4,6,8H2,1-2H3/t10-,13+,14-,15+/m0/s1/i18-2. The molecule has 2 aliphatic heterocycles. The molecule has 2 bridgehead atoms. The van der Waals surface area contributed by atoms with Crippen LogP contribution in [-0.4, -0.2) is 49.2 Å². The number of esters is 2. The van der Waals surface area contributed by atoms with Gasteiger partial charge >= 0.3 is 11.9 Å². The third kappa shape index (κ3) is 3.51. The van der Waals surface area contributed by atoms with Crippen molar-refractivity contribution in [3.8, 4) is 0 Å². The number of rotatable bonds is 4. The minimum Gasteiger partial charge on any atom is -0.469 e. The van der Waals surface area contributed by atoms with E-state index >= 15 is 0 Å². The number of carbonyl (C=O) groups excluding carboxylic acids is 2. The average Bonchev–Trinajstić information content (AvgIpc) is 2.86. The molecule has 0 radical (unpaired) electrons. The Labute approximate surface area is 164 Å². The number of fused-ring (bicyclic) bond motifs is 2. The number of nitrogens with zero attached hydrogens (tertiary/aromatic N) is 4. The van der Waals surface area contributed by atoms with Crippen LogP contribution >= 0.6 is 22.6 Å². The minimum absolute atomic E-state index is 0.0338. The summed E-state index contributed by atoms with van der Waals surface area (Å²) in [6.07, 6.45) is 2.00. The molecule has 9 heteroatoms. The Balaban J connectivity index is 1.80. The lowest BCUT2D eigenvalue weighted by Gasteiger charge is -2.40. The number of methoxy groups -OCH3 is 1. The number of hydrogen-bond donors (Lipinski definition) is 0. The van der Waals surface area contributed by atoms with E-state index in [-0.39, 0.29) is 12.0 Å². The number of halogens is 1. The zero-order valence-electron chi connectivity index (χ0n) is 14.5. The Morgan fingerprint density at radius 1 is 1.38 bits per heavy atom. The van der Waals surface area contributed by atoms with E-state index in [0.29, 0.717) is 27.3 Å². The molecule has 1 aromatic rings. The van der Waals surface area contributed by atoms with Crippen LogP contribution in [0.3, 0.4) is 0 Å². The fraction of sp³-hybridized carbons (Fsp3) is 0.529. The third-order valence-electron chi connectivity index (χ3n) is 5.28. The van der Waals surface area contributed by atoms with Crippen LogP contribution in [-0.2, 0) is 14.3 Å². The van der Waals surface area contributed by atoms with Crippen LogP contribution in [0.4, 0.5) is 5.69 Å². The molecule has 2 saturated heterocycles. The fourth-order valence-corrected chi connectivity index (χ4v) is 4.58. The molecule has 26 heavy (non-hydrogen) atoms. The van der Waals surface area contributed by atoms with Crippen molar-refractivity contribution in [2.75, 3.05) is 14.2 Å². The van der Waals surface area contributed by atoms with Gasteiger partial charge in [-0.05, 0) is 60.1 Å². The van der Waals surface area contributed by atoms with E-state index < -0.39 is 18.0 Å². The van der Waals surface area contributed by atoms with Gasteiger partial charge in [0.25, 0.3) is 0 Å². The van der Waals surface area contributed by atoms with Gasteiger partial charge in [0.2, 0.25) is 0 Å². The molecular weight excluding hydrogens is 449 g/mol. The highest BCUT2D eigenvalue weighted by atomic mass is 125. The van der Waals surface area contributed by atoms with Crippen molar-refractivity contribution in [3.63, 3.8) is 0 Å². The normalized spacial score (nSPS) is 27.5. The molecule has 2 aliphatic rings. The predicted octanol–water partition coefficient (Wildman–Crippen LogP) is 3.41. The lowest BCUT2D eigenvalue weighted by atomic mass is 9.87. The van der Waals surface area contributed by atoms with E-state index in [1.807, 2.05) is 29.6 Å². The van der Waals surface area contributed by atoms with Gasteiger partial charge in [0.15, 0.2) is 0 Å².